The molecule has 0 bridgehead atoms. The highest BCUT2D eigenvalue weighted by molar-refractivity contribution is 6.63. The molecule has 0 aromatic carbocycles. The zero-order valence-electron chi connectivity index (χ0n) is 10.3. The summed E-state index contributed by atoms with van der Waals surface area (Å²) in [6.45, 7) is 1.33. The summed E-state index contributed by atoms with van der Waals surface area (Å²) < 4.78 is 0.600. The minimum absolute atomic E-state index is 0.0972. The lowest BCUT2D eigenvalue weighted by atomic mass is 10.5. The van der Waals surface area contributed by atoms with Crippen LogP contribution in [0.5, 0.6) is 0 Å². The van der Waals surface area contributed by atoms with Gasteiger partial charge in [-0.05, 0) is 11.6 Å². The number of hydrogen-bond donors (Lipinski definition) is 4. The lowest BCUT2D eigenvalue weighted by Gasteiger charge is -2.20. The highest BCUT2D eigenvalue weighted by Gasteiger charge is 2.10. The van der Waals surface area contributed by atoms with Crippen LogP contribution >= 0.6 is 11.6 Å². The molecule has 0 aromatic rings. The van der Waals surface area contributed by atoms with E-state index in [-0.39, 0.29) is 18.5 Å². The van der Waals surface area contributed by atoms with E-state index in [1.165, 1.54) is 0 Å². The van der Waals surface area contributed by atoms with Crippen molar-refractivity contribution in [1.29, 1.82) is 0 Å². The summed E-state index contributed by atoms with van der Waals surface area (Å²) in [7, 11) is 5.75. The minimum atomic E-state index is -0.280. The van der Waals surface area contributed by atoms with Gasteiger partial charge in [-0.2, -0.15) is 0 Å². The third kappa shape index (κ3) is 49.0. The van der Waals surface area contributed by atoms with Gasteiger partial charge in [0, 0.05) is 13.1 Å². The van der Waals surface area contributed by atoms with Gasteiger partial charge in [-0.25, -0.2) is 0 Å². The van der Waals surface area contributed by atoms with Gasteiger partial charge >= 0.3 is 0 Å². The summed E-state index contributed by atoms with van der Waals surface area (Å²) in [6.07, 6.45) is 0. The Hall–Kier alpha value is -0.240. The van der Waals surface area contributed by atoms with E-state index in [1.807, 2.05) is 21.1 Å². The number of nitrogens with two attached hydrogens (primary N) is 2. The number of halogens is 1. The van der Waals surface area contributed by atoms with E-state index in [2.05, 4.69) is 0 Å². The fraction of sp³-hybridized carbons (Fsp3) is 0.889. The number of carbonyl (C=O) groups is 1. The first-order valence-electron chi connectivity index (χ1n) is 4.85. The Balaban J connectivity index is -0.000000179. The largest absolute Gasteiger partial charge is 0.395 e. The Labute approximate surface area is 102 Å². The van der Waals surface area contributed by atoms with Crippen molar-refractivity contribution in [1.82, 2.24) is 0 Å². The normalized spacial score (nSPS) is 9.50. The predicted octanol–water partition coefficient (Wildman–Crippen LogP) is -1.67. The lowest BCUT2D eigenvalue weighted by Crippen LogP contribution is -2.37. The van der Waals surface area contributed by atoms with Gasteiger partial charge in [0.2, 0.25) is 0 Å². The Morgan fingerprint density at radius 1 is 1.12 bits per heavy atom. The van der Waals surface area contributed by atoms with Crippen LogP contribution in [0.15, 0.2) is 0 Å². The van der Waals surface area contributed by atoms with E-state index in [1.54, 1.807) is 0 Å². The Morgan fingerprint density at radius 2 is 1.38 bits per heavy atom. The predicted molar refractivity (Wildman–Crippen MR) is 66.0 cm³/mol. The summed E-state index contributed by atoms with van der Waals surface area (Å²) in [5, 5.41) is 15.2. The number of aliphatic hydroxyl groups is 2. The third-order valence-corrected chi connectivity index (χ3v) is 0.976. The Morgan fingerprint density at radius 3 is 1.38 bits per heavy atom. The van der Waals surface area contributed by atoms with E-state index < -0.39 is 0 Å². The molecule has 0 saturated heterocycles. The zero-order valence-corrected chi connectivity index (χ0v) is 11.1. The summed E-state index contributed by atoms with van der Waals surface area (Å²) in [6, 6.07) is 0. The molecule has 0 rings (SSSR count). The number of nitrogens with zero attached hydrogens (tertiary/aromatic N) is 1. The van der Waals surface area contributed by atoms with Gasteiger partial charge in [-0.3, -0.25) is 4.79 Å². The first-order valence-corrected chi connectivity index (χ1v) is 5.23. The van der Waals surface area contributed by atoms with Gasteiger partial charge in [0.05, 0.1) is 34.4 Å². The molecule has 0 unspecified atom stereocenters. The van der Waals surface area contributed by atoms with Gasteiger partial charge < -0.3 is 26.2 Å². The maximum absolute atomic E-state index is 10.2. The van der Waals surface area contributed by atoms with Crippen LogP contribution in [0.3, 0.4) is 0 Å². The average Bonchev–Trinajstić information content (AvgIpc) is 2.15. The maximum Gasteiger partial charge on any atom is 0.276 e. The molecular formula is C9H25ClN3O3+. The van der Waals surface area contributed by atoms with E-state index in [0.29, 0.717) is 24.1 Å². The SMILES string of the molecule is C[N+](C)(C)CC(=O)Cl.NCCO.NCCO. The van der Waals surface area contributed by atoms with E-state index >= 15 is 0 Å². The second kappa shape index (κ2) is 14.8. The quantitative estimate of drug-likeness (QED) is 0.356. The molecule has 0 atom stereocenters. The van der Waals surface area contributed by atoms with Crippen molar-refractivity contribution in [3.63, 3.8) is 0 Å². The van der Waals surface area contributed by atoms with E-state index in [9.17, 15) is 4.79 Å². The molecule has 0 amide bonds. The van der Waals surface area contributed by atoms with Crippen molar-refractivity contribution in [2.75, 3.05) is 54.0 Å². The number of likely N-dealkylation sites (N-methyl/N-ethyl adjacent to an activating group) is 1. The van der Waals surface area contributed by atoms with Gasteiger partial charge in [-0.15, -0.1) is 0 Å². The van der Waals surface area contributed by atoms with Gasteiger partial charge in [0.15, 0.2) is 6.54 Å². The molecule has 0 fully saturated rings. The molecule has 7 heteroatoms. The number of quaternary nitrogens is 1. The third-order valence-electron chi connectivity index (χ3n) is 0.857. The highest BCUT2D eigenvalue weighted by Crippen LogP contribution is 1.91. The van der Waals surface area contributed by atoms with Crippen LogP contribution in [-0.4, -0.2) is 73.9 Å². The molecule has 16 heavy (non-hydrogen) atoms. The number of carbonyl (C=O) groups excluding carboxylic acids is 1. The van der Waals surface area contributed by atoms with Crippen LogP contribution in [0.25, 0.3) is 0 Å². The number of hydrogen-bond acceptors (Lipinski definition) is 5. The van der Waals surface area contributed by atoms with Crippen molar-refractivity contribution in [3.8, 4) is 0 Å². The van der Waals surface area contributed by atoms with Crippen molar-refractivity contribution in [3.05, 3.63) is 0 Å². The number of rotatable bonds is 4. The molecule has 0 aliphatic heterocycles. The molecule has 100 valence electrons. The van der Waals surface area contributed by atoms with Gasteiger partial charge in [0.25, 0.3) is 5.24 Å². The van der Waals surface area contributed by atoms with Crippen molar-refractivity contribution in [2.45, 2.75) is 0 Å². The molecule has 0 radical (unpaired) electrons. The van der Waals surface area contributed by atoms with Crippen molar-refractivity contribution < 1.29 is 19.5 Å². The summed E-state index contributed by atoms with van der Waals surface area (Å²) in [4.78, 5) is 10.2. The van der Waals surface area contributed by atoms with Crippen LogP contribution in [0, 0.1) is 0 Å². The fourth-order valence-corrected chi connectivity index (χ4v) is 0.732. The van der Waals surface area contributed by atoms with Gasteiger partial charge in [0.1, 0.15) is 0 Å². The summed E-state index contributed by atoms with van der Waals surface area (Å²) in [5.74, 6) is 0. The smallest absolute Gasteiger partial charge is 0.276 e. The highest BCUT2D eigenvalue weighted by atomic mass is 35.5. The van der Waals surface area contributed by atoms with Crippen LogP contribution < -0.4 is 11.5 Å². The lowest BCUT2D eigenvalue weighted by molar-refractivity contribution is -0.861. The average molecular weight is 259 g/mol. The first-order chi connectivity index (χ1) is 7.24. The maximum atomic E-state index is 10.2. The topological polar surface area (TPSA) is 110 Å². The first kappa shape index (κ1) is 21.1. The Bertz CT molecular complexity index is 143. The fourth-order valence-electron chi connectivity index (χ4n) is 0.373. The van der Waals surface area contributed by atoms with Crippen LogP contribution in [0.1, 0.15) is 0 Å². The van der Waals surface area contributed by atoms with E-state index in [4.69, 9.17) is 33.3 Å². The second-order valence-corrected chi connectivity index (χ2v) is 4.25. The minimum Gasteiger partial charge on any atom is -0.395 e. The standard InChI is InChI=1S/C5H11ClNO.2C2H7NO/c1-7(2,3)4-5(6)8;2*3-1-2-4/h4H2,1-3H3;2*4H,1-3H2/q+1;;. The second-order valence-electron chi connectivity index (χ2n) is 3.83. The van der Waals surface area contributed by atoms with Gasteiger partial charge in [-0.1, -0.05) is 0 Å². The molecule has 6 N–H and O–H groups in total. The summed E-state index contributed by atoms with van der Waals surface area (Å²) in [5.41, 5.74) is 9.56. The van der Waals surface area contributed by atoms with Crippen LogP contribution in [0.2, 0.25) is 0 Å². The van der Waals surface area contributed by atoms with Crippen molar-refractivity contribution >= 4 is 16.8 Å². The Kier molecular flexibility index (Phi) is 19.5. The molecule has 0 aromatic heterocycles. The molecule has 0 heterocycles. The zero-order chi connectivity index (χ0) is 13.6. The molecule has 0 saturated carbocycles. The number of aliphatic hydroxyl groups excluding tert-OH is 2. The molecule has 6 nitrogen and oxygen atoms in total. The molecular weight excluding hydrogens is 234 g/mol. The van der Waals surface area contributed by atoms with Crippen LogP contribution in [-0.2, 0) is 4.79 Å². The molecule has 0 aliphatic carbocycles. The van der Waals surface area contributed by atoms with Crippen molar-refractivity contribution in [2.24, 2.45) is 11.5 Å². The molecule has 0 aliphatic rings. The molecule has 0 spiro atoms. The monoisotopic (exact) mass is 258 g/mol. The van der Waals surface area contributed by atoms with Crippen LogP contribution in [0.4, 0.5) is 0 Å². The summed E-state index contributed by atoms with van der Waals surface area (Å²) >= 11 is 5.11. The van der Waals surface area contributed by atoms with E-state index in [0.717, 1.165) is 0 Å².